The second kappa shape index (κ2) is 6.35. The van der Waals surface area contributed by atoms with Crippen LogP contribution >= 0.6 is 11.8 Å². The SMILES string of the molecule is CCNc1ccnc(CSc2cccc(F)c2)n1. The summed E-state index contributed by atoms with van der Waals surface area (Å²) in [6.07, 6.45) is 1.73. The van der Waals surface area contributed by atoms with Crippen molar-refractivity contribution < 1.29 is 4.39 Å². The van der Waals surface area contributed by atoms with Crippen molar-refractivity contribution in [2.24, 2.45) is 0 Å². The van der Waals surface area contributed by atoms with Gasteiger partial charge in [-0.05, 0) is 31.2 Å². The molecule has 0 aliphatic heterocycles. The first kappa shape index (κ1) is 12.8. The van der Waals surface area contributed by atoms with Crippen LogP contribution in [0, 0.1) is 5.82 Å². The molecule has 3 nitrogen and oxygen atoms in total. The lowest BCUT2D eigenvalue weighted by Crippen LogP contribution is -2.02. The van der Waals surface area contributed by atoms with E-state index in [0.29, 0.717) is 5.75 Å². The number of halogens is 1. The normalized spacial score (nSPS) is 10.3. The van der Waals surface area contributed by atoms with E-state index in [4.69, 9.17) is 0 Å². The summed E-state index contributed by atoms with van der Waals surface area (Å²) in [7, 11) is 0. The van der Waals surface area contributed by atoms with Crippen LogP contribution in [0.4, 0.5) is 10.2 Å². The Morgan fingerprint density at radius 3 is 3.00 bits per heavy atom. The predicted molar refractivity (Wildman–Crippen MR) is 72.2 cm³/mol. The molecule has 1 N–H and O–H groups in total. The minimum atomic E-state index is -0.220. The molecule has 2 aromatic rings. The number of nitrogens with one attached hydrogen (secondary N) is 1. The van der Waals surface area contributed by atoms with Gasteiger partial charge in [-0.15, -0.1) is 11.8 Å². The van der Waals surface area contributed by atoms with Crippen molar-refractivity contribution in [1.82, 2.24) is 9.97 Å². The van der Waals surface area contributed by atoms with Gasteiger partial charge in [-0.1, -0.05) is 6.07 Å². The molecule has 0 fully saturated rings. The summed E-state index contributed by atoms with van der Waals surface area (Å²) in [5.41, 5.74) is 0. The number of rotatable bonds is 5. The molecule has 0 amide bonds. The summed E-state index contributed by atoms with van der Waals surface area (Å²) in [6, 6.07) is 8.36. The first-order chi connectivity index (χ1) is 8.78. The van der Waals surface area contributed by atoms with Gasteiger partial charge in [0.2, 0.25) is 0 Å². The van der Waals surface area contributed by atoms with Crippen molar-refractivity contribution >= 4 is 17.6 Å². The third-order valence-corrected chi connectivity index (χ3v) is 3.22. The zero-order chi connectivity index (χ0) is 12.8. The highest BCUT2D eigenvalue weighted by Crippen LogP contribution is 2.22. The largest absolute Gasteiger partial charge is 0.370 e. The van der Waals surface area contributed by atoms with Crippen molar-refractivity contribution in [1.29, 1.82) is 0 Å². The molecule has 5 heteroatoms. The Kier molecular flexibility index (Phi) is 4.52. The summed E-state index contributed by atoms with van der Waals surface area (Å²) in [6.45, 7) is 2.84. The summed E-state index contributed by atoms with van der Waals surface area (Å²) in [5.74, 6) is 1.97. The standard InChI is InChI=1S/C13H14FN3S/c1-2-15-12-6-7-16-13(17-12)9-18-11-5-3-4-10(14)8-11/h3-8H,2,9H2,1H3,(H,15,16,17). The Bertz CT molecular complexity index is 519. The fourth-order valence-corrected chi connectivity index (χ4v) is 2.26. The van der Waals surface area contributed by atoms with Gasteiger partial charge in [0.1, 0.15) is 17.5 Å². The third-order valence-electron chi connectivity index (χ3n) is 2.23. The molecule has 94 valence electrons. The van der Waals surface area contributed by atoms with E-state index in [1.54, 1.807) is 12.3 Å². The van der Waals surface area contributed by atoms with Crippen LogP contribution in [-0.2, 0) is 5.75 Å². The lowest BCUT2D eigenvalue weighted by Gasteiger charge is -2.04. The molecule has 2 rings (SSSR count). The second-order valence-electron chi connectivity index (χ2n) is 3.63. The summed E-state index contributed by atoms with van der Waals surface area (Å²) < 4.78 is 13.0. The lowest BCUT2D eigenvalue weighted by molar-refractivity contribution is 0.624. The van der Waals surface area contributed by atoms with Crippen LogP contribution < -0.4 is 5.32 Å². The highest BCUT2D eigenvalue weighted by molar-refractivity contribution is 7.98. The van der Waals surface area contributed by atoms with E-state index in [2.05, 4.69) is 15.3 Å². The minimum Gasteiger partial charge on any atom is -0.370 e. The molecule has 18 heavy (non-hydrogen) atoms. The number of thioether (sulfide) groups is 1. The fraction of sp³-hybridized carbons (Fsp3) is 0.231. The Balaban J connectivity index is 1.99. The van der Waals surface area contributed by atoms with E-state index < -0.39 is 0 Å². The maximum absolute atomic E-state index is 13.0. The molecular formula is C13H14FN3S. The van der Waals surface area contributed by atoms with Crippen LogP contribution in [-0.4, -0.2) is 16.5 Å². The Labute approximate surface area is 110 Å². The van der Waals surface area contributed by atoms with Gasteiger partial charge in [-0.3, -0.25) is 0 Å². The van der Waals surface area contributed by atoms with Gasteiger partial charge >= 0.3 is 0 Å². The number of anilines is 1. The first-order valence-electron chi connectivity index (χ1n) is 5.72. The summed E-state index contributed by atoms with van der Waals surface area (Å²) in [5, 5.41) is 3.13. The molecule has 0 unspecified atom stereocenters. The maximum atomic E-state index is 13.0. The molecule has 1 heterocycles. The molecule has 0 aliphatic carbocycles. The summed E-state index contributed by atoms with van der Waals surface area (Å²) >= 11 is 1.52. The molecule has 0 saturated carbocycles. The lowest BCUT2D eigenvalue weighted by atomic mass is 10.4. The molecule has 0 radical (unpaired) electrons. The number of hydrogen-bond acceptors (Lipinski definition) is 4. The van der Waals surface area contributed by atoms with Crippen LogP contribution in [0.15, 0.2) is 41.4 Å². The first-order valence-corrected chi connectivity index (χ1v) is 6.70. The van der Waals surface area contributed by atoms with Gasteiger partial charge in [0, 0.05) is 17.6 Å². The summed E-state index contributed by atoms with van der Waals surface area (Å²) in [4.78, 5) is 9.44. The molecule has 0 spiro atoms. The van der Waals surface area contributed by atoms with E-state index in [-0.39, 0.29) is 5.82 Å². The van der Waals surface area contributed by atoms with E-state index in [1.165, 1.54) is 23.9 Å². The Morgan fingerprint density at radius 2 is 2.22 bits per heavy atom. The van der Waals surface area contributed by atoms with Crippen LogP contribution in [0.25, 0.3) is 0 Å². The zero-order valence-electron chi connectivity index (χ0n) is 10.1. The van der Waals surface area contributed by atoms with Crippen molar-refractivity contribution in [2.45, 2.75) is 17.6 Å². The quantitative estimate of drug-likeness (QED) is 0.840. The van der Waals surface area contributed by atoms with Crippen LogP contribution in [0.5, 0.6) is 0 Å². The van der Waals surface area contributed by atoms with Gasteiger partial charge in [0.15, 0.2) is 0 Å². The highest BCUT2D eigenvalue weighted by Gasteiger charge is 2.01. The molecular weight excluding hydrogens is 249 g/mol. The molecule has 1 aromatic heterocycles. The number of aromatic nitrogens is 2. The molecule has 1 aromatic carbocycles. The van der Waals surface area contributed by atoms with E-state index >= 15 is 0 Å². The minimum absolute atomic E-state index is 0.220. The average molecular weight is 263 g/mol. The Hall–Kier alpha value is -1.62. The molecule has 0 bridgehead atoms. The van der Waals surface area contributed by atoms with Gasteiger partial charge < -0.3 is 5.32 Å². The van der Waals surface area contributed by atoms with Crippen molar-refractivity contribution in [2.75, 3.05) is 11.9 Å². The van der Waals surface area contributed by atoms with E-state index in [0.717, 1.165) is 23.1 Å². The fourth-order valence-electron chi connectivity index (χ4n) is 1.45. The zero-order valence-corrected chi connectivity index (χ0v) is 10.9. The van der Waals surface area contributed by atoms with Gasteiger partial charge in [0.05, 0.1) is 5.75 Å². The number of benzene rings is 1. The number of nitrogens with zero attached hydrogens (tertiary/aromatic N) is 2. The maximum Gasteiger partial charge on any atom is 0.140 e. The highest BCUT2D eigenvalue weighted by atomic mass is 32.2. The second-order valence-corrected chi connectivity index (χ2v) is 4.68. The molecule has 0 saturated heterocycles. The molecule has 0 aliphatic rings. The van der Waals surface area contributed by atoms with E-state index in [9.17, 15) is 4.39 Å². The van der Waals surface area contributed by atoms with E-state index in [1.807, 2.05) is 19.1 Å². The third kappa shape index (κ3) is 3.70. The van der Waals surface area contributed by atoms with Gasteiger partial charge in [-0.2, -0.15) is 0 Å². The van der Waals surface area contributed by atoms with Gasteiger partial charge in [0.25, 0.3) is 0 Å². The van der Waals surface area contributed by atoms with Crippen molar-refractivity contribution in [3.05, 3.63) is 48.2 Å². The van der Waals surface area contributed by atoms with Crippen molar-refractivity contribution in [3.63, 3.8) is 0 Å². The Morgan fingerprint density at radius 1 is 1.33 bits per heavy atom. The van der Waals surface area contributed by atoms with Crippen LogP contribution in [0.3, 0.4) is 0 Å². The smallest absolute Gasteiger partial charge is 0.140 e. The average Bonchev–Trinajstić information content (AvgIpc) is 2.37. The van der Waals surface area contributed by atoms with Gasteiger partial charge in [-0.25, -0.2) is 14.4 Å². The van der Waals surface area contributed by atoms with Crippen molar-refractivity contribution in [3.8, 4) is 0 Å². The van der Waals surface area contributed by atoms with Crippen LogP contribution in [0.2, 0.25) is 0 Å². The predicted octanol–water partition coefficient (Wildman–Crippen LogP) is 3.34. The topological polar surface area (TPSA) is 37.8 Å². The number of hydrogen-bond donors (Lipinski definition) is 1. The van der Waals surface area contributed by atoms with Crippen LogP contribution in [0.1, 0.15) is 12.7 Å². The molecule has 0 atom stereocenters. The monoisotopic (exact) mass is 263 g/mol.